The molecule has 5 heteroatoms. The third-order valence-electron chi connectivity index (χ3n) is 11.0. The Bertz CT molecular complexity index is 2550. The van der Waals surface area contributed by atoms with E-state index in [-0.39, 0.29) is 24.8 Å². The van der Waals surface area contributed by atoms with Crippen molar-refractivity contribution in [2.75, 3.05) is 9.80 Å². The number of benzene rings is 8. The standard InChI is InChI=1S/C41H35N2.C13H10.C5H5.2ClH.Zr/c1-5-13-32(14-6-1)28-42(29-33-15-7-2-8-16-33)38-21-23-40-36(26-38)25-37-27-39(22-24-41(37)40)43(30-34-17-9-3-10-18-34)31-35-19-11-4-12-20-35;1-3-7-12(8-4-1)11-13-9-5-2-6-10-13;1-2-4-5-3-1;;;/h1-27H,28-31H2;1-10H;1-3H,4H2;2*1H;/q-1;;-1;;;+2. The third-order valence-corrected chi connectivity index (χ3v) is 12.4. The molecule has 64 heavy (non-hydrogen) atoms. The minimum absolute atomic E-state index is 0. The van der Waals surface area contributed by atoms with Crippen molar-refractivity contribution in [3.63, 3.8) is 0 Å². The molecule has 0 atom stereocenters. The van der Waals surface area contributed by atoms with Crippen LogP contribution < -0.4 is 9.80 Å². The second kappa shape index (κ2) is 24.8. The largest absolute Gasteiger partial charge is 0.369 e. The molecule has 2 nitrogen and oxygen atoms in total. The molecule has 0 radical (unpaired) electrons. The van der Waals surface area contributed by atoms with Crippen molar-refractivity contribution in [3.8, 4) is 0 Å². The fourth-order valence-electron chi connectivity index (χ4n) is 7.80. The van der Waals surface area contributed by atoms with Crippen molar-refractivity contribution in [1.82, 2.24) is 0 Å². The normalized spacial score (nSPS) is 11.0. The van der Waals surface area contributed by atoms with Gasteiger partial charge in [-0.3, -0.25) is 6.08 Å². The van der Waals surface area contributed by atoms with Crippen molar-refractivity contribution >= 4 is 60.9 Å². The molecule has 0 heterocycles. The van der Waals surface area contributed by atoms with Gasteiger partial charge in [-0.1, -0.05) is 158 Å². The molecule has 1 aliphatic carbocycles. The second-order valence-electron chi connectivity index (χ2n) is 15.5. The van der Waals surface area contributed by atoms with Gasteiger partial charge in [0.1, 0.15) is 0 Å². The van der Waals surface area contributed by atoms with Gasteiger partial charge >= 0.3 is 99.2 Å². The predicted octanol–water partition coefficient (Wildman–Crippen LogP) is 15.1. The molecule has 0 spiro atoms. The maximum Gasteiger partial charge on any atom is 0.0427 e. The van der Waals surface area contributed by atoms with Gasteiger partial charge in [0.15, 0.2) is 0 Å². The van der Waals surface area contributed by atoms with Crippen LogP contribution in [-0.4, -0.2) is 3.21 Å². The van der Waals surface area contributed by atoms with Gasteiger partial charge in [0.25, 0.3) is 0 Å². The number of nitrogens with zero attached hydrogens (tertiary/aromatic N) is 2. The fraction of sp³-hybridized carbons (Fsp3) is 0.0847. The Labute approximate surface area is 406 Å². The van der Waals surface area contributed by atoms with Crippen LogP contribution in [0.2, 0.25) is 0 Å². The first-order valence-corrected chi connectivity index (χ1v) is 22.6. The molecule has 0 bridgehead atoms. The maximum atomic E-state index is 2.99. The Morgan fingerprint density at radius 2 is 0.766 bits per heavy atom. The molecular weight excluding hydrogens is 899 g/mol. The van der Waals surface area contributed by atoms with Crippen LogP contribution in [0.15, 0.2) is 243 Å². The van der Waals surface area contributed by atoms with Crippen LogP contribution in [0, 0.1) is 6.08 Å². The summed E-state index contributed by atoms with van der Waals surface area (Å²) in [6, 6.07) is 80.4. The minimum atomic E-state index is 0. The zero-order valence-corrected chi connectivity index (χ0v) is 39.9. The molecule has 0 saturated carbocycles. The van der Waals surface area contributed by atoms with E-state index in [0.717, 1.165) is 32.6 Å². The fourth-order valence-corrected chi connectivity index (χ4v) is 8.62. The first kappa shape index (κ1) is 47.5. The Morgan fingerprint density at radius 3 is 1.05 bits per heavy atom. The molecule has 0 N–H and O–H groups in total. The van der Waals surface area contributed by atoms with E-state index in [1.807, 2.05) is 12.2 Å². The number of halogens is 2. The second-order valence-corrected chi connectivity index (χ2v) is 16.7. The van der Waals surface area contributed by atoms with Crippen LogP contribution in [-0.2, 0) is 50.4 Å². The van der Waals surface area contributed by atoms with Gasteiger partial charge in [-0.15, -0.1) is 58.8 Å². The molecule has 9 aromatic rings. The van der Waals surface area contributed by atoms with E-state index < -0.39 is 0 Å². The summed E-state index contributed by atoms with van der Waals surface area (Å²) >= 11 is 1.46. The minimum Gasteiger partial charge on any atom is -0.369 e. The van der Waals surface area contributed by atoms with Gasteiger partial charge < -0.3 is 9.80 Å². The van der Waals surface area contributed by atoms with Crippen molar-refractivity contribution in [3.05, 3.63) is 282 Å². The van der Waals surface area contributed by atoms with E-state index in [0.29, 0.717) is 0 Å². The molecular formula is C59H52Cl2N2Zr. The van der Waals surface area contributed by atoms with Crippen molar-refractivity contribution in [2.24, 2.45) is 0 Å². The van der Waals surface area contributed by atoms with Crippen molar-refractivity contribution in [1.29, 1.82) is 0 Å². The smallest absolute Gasteiger partial charge is 0.0427 e. The van der Waals surface area contributed by atoms with Gasteiger partial charge in [0.2, 0.25) is 0 Å². The average molecular weight is 951 g/mol. The quantitative estimate of drug-likeness (QED) is 0.113. The molecule has 10 rings (SSSR count). The van der Waals surface area contributed by atoms with E-state index in [4.69, 9.17) is 0 Å². The summed E-state index contributed by atoms with van der Waals surface area (Å²) in [5.74, 6) is 0. The van der Waals surface area contributed by atoms with Crippen LogP contribution in [0.3, 0.4) is 0 Å². The summed E-state index contributed by atoms with van der Waals surface area (Å²) in [7, 11) is 0. The number of anilines is 2. The summed E-state index contributed by atoms with van der Waals surface area (Å²) in [6.45, 7) is 3.44. The van der Waals surface area contributed by atoms with Crippen LogP contribution in [0.5, 0.6) is 0 Å². The Kier molecular flexibility index (Phi) is 18.4. The molecule has 1 aliphatic rings. The van der Waals surface area contributed by atoms with Crippen molar-refractivity contribution in [2.45, 2.75) is 32.6 Å². The third kappa shape index (κ3) is 13.3. The molecule has 316 valence electrons. The van der Waals surface area contributed by atoms with E-state index >= 15 is 0 Å². The van der Waals surface area contributed by atoms with Gasteiger partial charge in [-0.2, -0.15) is 6.08 Å². The van der Waals surface area contributed by atoms with Crippen LogP contribution in [0.1, 0.15) is 39.8 Å². The Morgan fingerprint density at radius 1 is 0.438 bits per heavy atom. The summed E-state index contributed by atoms with van der Waals surface area (Å²) < 4.78 is 1.42. The van der Waals surface area contributed by atoms with E-state index in [1.165, 1.54) is 93.7 Å². The van der Waals surface area contributed by atoms with Crippen molar-refractivity contribution < 1.29 is 24.2 Å². The van der Waals surface area contributed by atoms with Crippen LogP contribution >= 0.6 is 24.8 Å². The van der Waals surface area contributed by atoms with Gasteiger partial charge in [-0.25, -0.2) is 12.2 Å². The van der Waals surface area contributed by atoms with E-state index in [9.17, 15) is 0 Å². The number of fused-ring (bicyclic) bond motifs is 3. The topological polar surface area (TPSA) is 6.48 Å². The summed E-state index contributed by atoms with van der Waals surface area (Å²) in [5.41, 5.74) is 10.4. The van der Waals surface area contributed by atoms with Gasteiger partial charge in [0.05, 0.1) is 0 Å². The molecule has 0 unspecified atom stereocenters. The Balaban J connectivity index is 0.000000268. The van der Waals surface area contributed by atoms with E-state index in [2.05, 4.69) is 246 Å². The number of rotatable bonds is 12. The molecule has 0 aliphatic heterocycles. The molecule has 0 saturated heterocycles. The molecule has 0 amide bonds. The molecule has 9 aromatic carbocycles. The van der Waals surface area contributed by atoms with E-state index in [1.54, 1.807) is 0 Å². The number of hydrogen-bond acceptors (Lipinski definition) is 2. The summed E-state index contributed by atoms with van der Waals surface area (Å²) in [6.07, 6.45) is 10.0. The first-order chi connectivity index (χ1) is 30.7. The zero-order valence-electron chi connectivity index (χ0n) is 35.8. The summed E-state index contributed by atoms with van der Waals surface area (Å²) in [4.78, 5) is 4.96. The maximum absolute atomic E-state index is 2.99. The molecule has 0 fully saturated rings. The Hall–Kier alpha value is -5.96. The monoisotopic (exact) mass is 948 g/mol. The SMILES string of the molecule is Cl.Cl.[C-]1=CC=CC1.[Zr+2]=[C](c1ccccc1)c1ccccc1.c1ccc(CN(Cc2ccccc2)c2ccc3c(c2)[cH-]c2cc(N(Cc4ccccc4)Cc4ccccc4)ccc23)cc1. The zero-order chi connectivity index (χ0) is 42.2. The predicted molar refractivity (Wildman–Crippen MR) is 275 cm³/mol. The van der Waals surface area contributed by atoms with Crippen LogP contribution in [0.4, 0.5) is 11.4 Å². The summed E-state index contributed by atoms with van der Waals surface area (Å²) in [5, 5.41) is 5.19. The number of allylic oxidation sites excluding steroid dienone is 4. The first-order valence-electron chi connectivity index (χ1n) is 21.4. The number of hydrogen-bond donors (Lipinski definition) is 0. The van der Waals surface area contributed by atoms with Crippen LogP contribution in [0.25, 0.3) is 21.5 Å². The molecule has 0 aromatic heterocycles. The van der Waals surface area contributed by atoms with Gasteiger partial charge in [0, 0.05) is 37.6 Å². The average Bonchev–Trinajstić information content (AvgIpc) is 4.05. The van der Waals surface area contributed by atoms with Gasteiger partial charge in [-0.05, 0) is 22.3 Å².